The van der Waals surface area contributed by atoms with Crippen LogP contribution in [0.3, 0.4) is 0 Å². The molecule has 2 aliphatic rings. The number of hydrogen-bond acceptors (Lipinski definition) is 5. The van der Waals surface area contributed by atoms with E-state index in [1.807, 2.05) is 18.2 Å². The fraction of sp³-hybridized carbons (Fsp3) is 0.615. The van der Waals surface area contributed by atoms with Crippen molar-refractivity contribution in [3.05, 3.63) is 30.6 Å². The molecule has 0 aliphatic carbocycles. The summed E-state index contributed by atoms with van der Waals surface area (Å²) in [6, 6.07) is 5.72. The van der Waals surface area contributed by atoms with Crippen LogP contribution >= 0.6 is 0 Å². The van der Waals surface area contributed by atoms with Crippen LogP contribution < -0.4 is 21.3 Å². The molecule has 4 N–H and O–H groups in total. The van der Waals surface area contributed by atoms with Gasteiger partial charge in [-0.1, -0.05) is 6.07 Å². The lowest BCUT2D eigenvalue weighted by Crippen LogP contribution is -2.39. The van der Waals surface area contributed by atoms with Crippen molar-refractivity contribution in [2.75, 3.05) is 52.4 Å². The normalized spacial score (nSPS) is 18.7. The predicted octanol–water partition coefficient (Wildman–Crippen LogP) is -0.560. The van der Waals surface area contributed by atoms with Crippen molar-refractivity contribution >= 4 is 0 Å². The minimum atomic E-state index is 1.14. The first-order valence-electron chi connectivity index (χ1n) is 6.68. The van der Waals surface area contributed by atoms with E-state index in [1.165, 1.54) is 0 Å². The van der Waals surface area contributed by atoms with Gasteiger partial charge in [-0.2, -0.15) is 0 Å². The summed E-state index contributed by atoms with van der Waals surface area (Å²) >= 11 is 0. The van der Waals surface area contributed by atoms with Crippen molar-refractivity contribution in [2.45, 2.75) is 0 Å². The Morgan fingerprint density at radius 2 is 0.833 bits per heavy atom. The number of aromatic nitrogens is 1. The molecule has 0 saturated carbocycles. The Bertz CT molecular complexity index is 185. The maximum absolute atomic E-state index is 3.78. The molecular weight excluding hydrogens is 226 g/mol. The fourth-order valence-corrected chi connectivity index (χ4v) is 1.52. The van der Waals surface area contributed by atoms with Crippen LogP contribution in [0.5, 0.6) is 0 Å². The molecule has 5 nitrogen and oxygen atoms in total. The highest BCUT2D eigenvalue weighted by Crippen LogP contribution is 1.73. The molecule has 2 fully saturated rings. The number of rotatable bonds is 0. The average Bonchev–Trinajstić information content (AvgIpc) is 2.54. The van der Waals surface area contributed by atoms with Crippen LogP contribution in [0.1, 0.15) is 0 Å². The largest absolute Gasteiger partial charge is 0.314 e. The number of nitrogens with zero attached hydrogens (tertiary/aromatic N) is 1. The number of piperazine rings is 2. The summed E-state index contributed by atoms with van der Waals surface area (Å²) in [7, 11) is 0. The van der Waals surface area contributed by atoms with Gasteiger partial charge in [-0.15, -0.1) is 0 Å². The molecule has 0 atom stereocenters. The highest BCUT2D eigenvalue weighted by molar-refractivity contribution is 4.88. The molecule has 102 valence electrons. The molecular formula is C13H25N5. The van der Waals surface area contributed by atoms with E-state index in [-0.39, 0.29) is 0 Å². The van der Waals surface area contributed by atoms with Gasteiger partial charge in [-0.3, -0.25) is 4.98 Å². The summed E-state index contributed by atoms with van der Waals surface area (Å²) in [5.74, 6) is 0. The first-order valence-corrected chi connectivity index (χ1v) is 6.68. The summed E-state index contributed by atoms with van der Waals surface area (Å²) in [5, 5.41) is 12.9. The third-order valence-electron chi connectivity index (χ3n) is 2.48. The van der Waals surface area contributed by atoms with Crippen molar-refractivity contribution < 1.29 is 0 Å². The van der Waals surface area contributed by atoms with E-state index in [1.54, 1.807) is 12.4 Å². The summed E-state index contributed by atoms with van der Waals surface area (Å²) in [4.78, 5) is 3.78. The number of pyridine rings is 1. The first kappa shape index (κ1) is 15.0. The lowest BCUT2D eigenvalue weighted by molar-refractivity contribution is 0.534. The van der Waals surface area contributed by atoms with E-state index >= 15 is 0 Å². The molecule has 2 saturated heterocycles. The highest BCUT2D eigenvalue weighted by Gasteiger charge is 1.92. The summed E-state index contributed by atoms with van der Waals surface area (Å²) in [5.41, 5.74) is 0. The van der Waals surface area contributed by atoms with Crippen LogP contribution in [0.2, 0.25) is 0 Å². The van der Waals surface area contributed by atoms with Crippen molar-refractivity contribution in [1.29, 1.82) is 0 Å². The van der Waals surface area contributed by atoms with Crippen LogP contribution in [-0.4, -0.2) is 57.3 Å². The third kappa shape index (κ3) is 10.2. The van der Waals surface area contributed by atoms with E-state index in [0.717, 1.165) is 52.4 Å². The smallest absolute Gasteiger partial charge is 0.0267 e. The lowest BCUT2D eigenvalue weighted by Gasteiger charge is -2.11. The lowest BCUT2D eigenvalue weighted by atomic mass is 10.4. The molecule has 0 bridgehead atoms. The van der Waals surface area contributed by atoms with Crippen molar-refractivity contribution in [2.24, 2.45) is 0 Å². The monoisotopic (exact) mass is 251 g/mol. The Balaban J connectivity index is 0.000000135. The van der Waals surface area contributed by atoms with Gasteiger partial charge in [0.15, 0.2) is 0 Å². The first-order chi connectivity index (χ1) is 9.00. The Kier molecular flexibility index (Phi) is 10.4. The zero-order chi connectivity index (χ0) is 12.7. The van der Waals surface area contributed by atoms with Gasteiger partial charge in [0.05, 0.1) is 0 Å². The Morgan fingerprint density at radius 1 is 0.500 bits per heavy atom. The van der Waals surface area contributed by atoms with Gasteiger partial charge in [-0.05, 0) is 12.1 Å². The van der Waals surface area contributed by atoms with Crippen LogP contribution in [0.4, 0.5) is 0 Å². The van der Waals surface area contributed by atoms with Gasteiger partial charge in [0.2, 0.25) is 0 Å². The zero-order valence-electron chi connectivity index (χ0n) is 11.0. The molecule has 1 aromatic heterocycles. The van der Waals surface area contributed by atoms with Gasteiger partial charge in [0.1, 0.15) is 0 Å². The average molecular weight is 251 g/mol. The molecule has 0 amide bonds. The van der Waals surface area contributed by atoms with Gasteiger partial charge in [-0.25, -0.2) is 0 Å². The molecule has 3 rings (SSSR count). The third-order valence-corrected chi connectivity index (χ3v) is 2.48. The van der Waals surface area contributed by atoms with Crippen LogP contribution in [0.25, 0.3) is 0 Å². The Hall–Kier alpha value is -1.01. The molecule has 5 heteroatoms. The molecule has 0 unspecified atom stereocenters. The van der Waals surface area contributed by atoms with Crippen molar-refractivity contribution in [3.63, 3.8) is 0 Å². The number of hydrogen-bond donors (Lipinski definition) is 4. The Morgan fingerprint density at radius 3 is 0.944 bits per heavy atom. The van der Waals surface area contributed by atoms with Crippen molar-refractivity contribution in [1.82, 2.24) is 26.3 Å². The summed E-state index contributed by atoms with van der Waals surface area (Å²) in [6.07, 6.45) is 3.50. The quantitative estimate of drug-likeness (QED) is 0.498. The van der Waals surface area contributed by atoms with Gasteiger partial charge in [0, 0.05) is 64.8 Å². The molecule has 18 heavy (non-hydrogen) atoms. The predicted molar refractivity (Wildman–Crippen MR) is 75.7 cm³/mol. The standard InChI is InChI=1S/C5H5N.2C4H10N2/c1-2-4-6-5-3-1;2*1-2-6-4-3-5-1/h1-5H;2*5-6H,1-4H2. The minimum Gasteiger partial charge on any atom is -0.314 e. The Labute approximate surface area is 110 Å². The van der Waals surface area contributed by atoms with E-state index < -0.39 is 0 Å². The van der Waals surface area contributed by atoms with Crippen LogP contribution in [0, 0.1) is 0 Å². The summed E-state index contributed by atoms with van der Waals surface area (Å²) in [6.45, 7) is 9.11. The van der Waals surface area contributed by atoms with Crippen molar-refractivity contribution in [3.8, 4) is 0 Å². The van der Waals surface area contributed by atoms with Gasteiger partial charge >= 0.3 is 0 Å². The van der Waals surface area contributed by atoms with Crippen LogP contribution in [-0.2, 0) is 0 Å². The number of nitrogens with one attached hydrogen (secondary N) is 4. The molecule has 1 aromatic rings. The molecule has 2 aliphatic heterocycles. The zero-order valence-corrected chi connectivity index (χ0v) is 11.0. The minimum absolute atomic E-state index is 1.14. The molecule has 0 radical (unpaired) electrons. The maximum atomic E-state index is 3.78. The van der Waals surface area contributed by atoms with Gasteiger partial charge < -0.3 is 21.3 Å². The maximum Gasteiger partial charge on any atom is 0.0267 e. The fourth-order valence-electron chi connectivity index (χ4n) is 1.52. The highest BCUT2D eigenvalue weighted by atomic mass is 15.0. The van der Waals surface area contributed by atoms with E-state index in [4.69, 9.17) is 0 Å². The second kappa shape index (κ2) is 12.4. The second-order valence-electron chi connectivity index (χ2n) is 4.02. The summed E-state index contributed by atoms with van der Waals surface area (Å²) < 4.78 is 0. The molecule has 3 heterocycles. The topological polar surface area (TPSA) is 61.0 Å². The second-order valence-corrected chi connectivity index (χ2v) is 4.02. The van der Waals surface area contributed by atoms with E-state index in [0.29, 0.717) is 0 Å². The van der Waals surface area contributed by atoms with Crippen LogP contribution in [0.15, 0.2) is 30.6 Å². The van der Waals surface area contributed by atoms with E-state index in [2.05, 4.69) is 26.3 Å². The molecule has 0 aromatic carbocycles. The molecule has 0 spiro atoms. The van der Waals surface area contributed by atoms with E-state index in [9.17, 15) is 0 Å². The van der Waals surface area contributed by atoms with Gasteiger partial charge in [0.25, 0.3) is 0 Å². The SMILES string of the molecule is C1CNCCN1.C1CNCCN1.c1ccncc1.